The number of nitrogens with one attached hydrogen (secondary N) is 1. The third-order valence-electron chi connectivity index (χ3n) is 2.96. The Kier molecular flexibility index (Phi) is 6.21. The molecule has 0 saturated heterocycles. The Labute approximate surface area is 102 Å². The smallest absolute Gasteiger partial charge is 0.320 e. The van der Waals surface area contributed by atoms with Crippen LogP contribution < -0.4 is 5.32 Å². The molecule has 4 heteroatoms. The summed E-state index contributed by atoms with van der Waals surface area (Å²) in [6, 6.07) is 0.137. The van der Waals surface area contributed by atoms with Crippen LogP contribution in [0.5, 0.6) is 0 Å². The Morgan fingerprint density at radius 3 is 2.75 bits per heavy atom. The number of rotatable bonds is 9. The largest absolute Gasteiger partial charge is 0.480 e. The van der Waals surface area contributed by atoms with E-state index in [1.165, 1.54) is 6.42 Å². The fourth-order valence-corrected chi connectivity index (χ4v) is 2.62. The molecule has 16 heavy (non-hydrogen) atoms. The van der Waals surface area contributed by atoms with Gasteiger partial charge in [-0.25, -0.2) is 0 Å². The van der Waals surface area contributed by atoms with Crippen LogP contribution in [0.15, 0.2) is 0 Å². The third kappa shape index (κ3) is 5.75. The van der Waals surface area contributed by atoms with Gasteiger partial charge in [0.1, 0.15) is 6.04 Å². The predicted octanol–water partition coefficient (Wildman–Crippen LogP) is 2.36. The molecule has 94 valence electrons. The second-order valence-electron chi connectivity index (χ2n) is 4.71. The maximum atomic E-state index is 11.0. The Morgan fingerprint density at radius 1 is 1.56 bits per heavy atom. The summed E-state index contributed by atoms with van der Waals surface area (Å²) in [4.78, 5) is 11.0. The van der Waals surface area contributed by atoms with Crippen LogP contribution in [0.25, 0.3) is 0 Å². The Balaban J connectivity index is 2.09. The quantitative estimate of drug-likeness (QED) is 0.612. The average Bonchev–Trinajstić information content (AvgIpc) is 3.05. The molecular weight excluding hydrogens is 222 g/mol. The predicted molar refractivity (Wildman–Crippen MR) is 69.0 cm³/mol. The molecule has 0 aliphatic heterocycles. The molecule has 3 nitrogen and oxygen atoms in total. The number of aliphatic carboxylic acids is 1. The molecular formula is C12H23NO2S. The van der Waals surface area contributed by atoms with E-state index in [1.54, 1.807) is 0 Å². The molecule has 2 atom stereocenters. The van der Waals surface area contributed by atoms with Gasteiger partial charge in [-0.3, -0.25) is 4.79 Å². The lowest BCUT2D eigenvalue weighted by atomic mass is 10.2. The molecule has 0 aromatic heterocycles. The van der Waals surface area contributed by atoms with Gasteiger partial charge in [-0.15, -0.1) is 0 Å². The van der Waals surface area contributed by atoms with Gasteiger partial charge < -0.3 is 10.4 Å². The molecule has 2 N–H and O–H groups in total. The van der Waals surface area contributed by atoms with Gasteiger partial charge in [0.05, 0.1) is 0 Å². The Morgan fingerprint density at radius 2 is 2.25 bits per heavy atom. The zero-order valence-electron chi connectivity index (χ0n) is 10.2. The Hall–Kier alpha value is -0.220. The minimum absolute atomic E-state index is 0.336. The molecule has 1 saturated carbocycles. The highest BCUT2D eigenvalue weighted by Gasteiger charge is 2.27. The minimum Gasteiger partial charge on any atom is -0.480 e. The van der Waals surface area contributed by atoms with Crippen molar-refractivity contribution in [1.29, 1.82) is 0 Å². The minimum atomic E-state index is -0.698. The molecule has 1 aliphatic carbocycles. The zero-order valence-corrected chi connectivity index (χ0v) is 11.1. The Bertz CT molecular complexity index is 219. The van der Waals surface area contributed by atoms with Gasteiger partial charge in [0.25, 0.3) is 0 Å². The first kappa shape index (κ1) is 13.8. The normalized spacial score (nSPS) is 19.4. The van der Waals surface area contributed by atoms with Crippen LogP contribution >= 0.6 is 11.8 Å². The summed E-state index contributed by atoms with van der Waals surface area (Å²) in [6.07, 6.45) is 4.23. The standard InChI is InChI=1S/C12H23NO2S/c1-3-9(2)8-16-7-6-11(12(14)15)13-10-4-5-10/h9-11,13H,3-8H2,1-2H3,(H,14,15). The van der Waals surface area contributed by atoms with Gasteiger partial charge in [-0.1, -0.05) is 20.3 Å². The SMILES string of the molecule is CCC(C)CSCCC(NC1CC1)C(=O)O. The molecule has 0 amide bonds. The summed E-state index contributed by atoms with van der Waals surface area (Å²) in [6.45, 7) is 4.43. The monoisotopic (exact) mass is 245 g/mol. The topological polar surface area (TPSA) is 49.3 Å². The molecule has 0 aromatic carbocycles. The number of hydrogen-bond acceptors (Lipinski definition) is 3. The summed E-state index contributed by atoms with van der Waals surface area (Å²) < 4.78 is 0. The molecule has 0 heterocycles. The van der Waals surface area contributed by atoms with Gasteiger partial charge in [0.2, 0.25) is 0 Å². The van der Waals surface area contributed by atoms with Gasteiger partial charge in [-0.05, 0) is 36.7 Å². The lowest BCUT2D eigenvalue weighted by molar-refractivity contribution is -0.139. The van der Waals surface area contributed by atoms with E-state index in [4.69, 9.17) is 5.11 Å². The van der Waals surface area contributed by atoms with Gasteiger partial charge in [0.15, 0.2) is 0 Å². The lowest BCUT2D eigenvalue weighted by Gasteiger charge is -2.14. The summed E-state index contributed by atoms with van der Waals surface area (Å²) in [5.74, 6) is 2.13. The number of hydrogen-bond donors (Lipinski definition) is 2. The molecule has 0 radical (unpaired) electrons. The van der Waals surface area contributed by atoms with Crippen LogP contribution in [-0.2, 0) is 4.79 Å². The van der Waals surface area contributed by atoms with Crippen LogP contribution in [0.2, 0.25) is 0 Å². The third-order valence-corrected chi connectivity index (χ3v) is 4.29. The first-order chi connectivity index (χ1) is 7.63. The summed E-state index contributed by atoms with van der Waals surface area (Å²) in [5, 5.41) is 12.2. The second-order valence-corrected chi connectivity index (χ2v) is 5.86. The van der Waals surface area contributed by atoms with E-state index in [1.807, 2.05) is 11.8 Å². The van der Waals surface area contributed by atoms with Gasteiger partial charge >= 0.3 is 5.97 Å². The van der Waals surface area contributed by atoms with Crippen molar-refractivity contribution in [3.8, 4) is 0 Å². The van der Waals surface area contributed by atoms with Crippen LogP contribution in [-0.4, -0.2) is 34.7 Å². The summed E-state index contributed by atoms with van der Waals surface area (Å²) in [7, 11) is 0. The molecule has 0 bridgehead atoms. The maximum absolute atomic E-state index is 11.0. The summed E-state index contributed by atoms with van der Waals surface area (Å²) in [5.41, 5.74) is 0. The van der Waals surface area contributed by atoms with E-state index in [0.29, 0.717) is 6.04 Å². The van der Waals surface area contributed by atoms with E-state index in [9.17, 15) is 4.79 Å². The molecule has 1 rings (SSSR count). The molecule has 1 aliphatic rings. The molecule has 2 unspecified atom stereocenters. The number of carbonyl (C=O) groups is 1. The first-order valence-electron chi connectivity index (χ1n) is 6.20. The highest BCUT2D eigenvalue weighted by molar-refractivity contribution is 7.99. The molecule has 1 fully saturated rings. The van der Waals surface area contributed by atoms with Crippen LogP contribution in [0.4, 0.5) is 0 Å². The van der Waals surface area contributed by atoms with Gasteiger partial charge in [-0.2, -0.15) is 11.8 Å². The summed E-state index contributed by atoms with van der Waals surface area (Å²) >= 11 is 1.88. The van der Waals surface area contributed by atoms with Crippen molar-refractivity contribution >= 4 is 17.7 Å². The van der Waals surface area contributed by atoms with Crippen molar-refractivity contribution in [2.24, 2.45) is 5.92 Å². The number of carboxylic acids is 1. The molecule has 0 aromatic rings. The van der Waals surface area contributed by atoms with E-state index in [-0.39, 0.29) is 6.04 Å². The van der Waals surface area contributed by atoms with Crippen molar-refractivity contribution in [2.75, 3.05) is 11.5 Å². The van der Waals surface area contributed by atoms with Crippen molar-refractivity contribution < 1.29 is 9.90 Å². The lowest BCUT2D eigenvalue weighted by Crippen LogP contribution is -2.38. The first-order valence-corrected chi connectivity index (χ1v) is 7.35. The molecule has 0 spiro atoms. The van der Waals surface area contributed by atoms with E-state index < -0.39 is 5.97 Å². The van der Waals surface area contributed by atoms with E-state index >= 15 is 0 Å². The maximum Gasteiger partial charge on any atom is 0.320 e. The highest BCUT2D eigenvalue weighted by atomic mass is 32.2. The van der Waals surface area contributed by atoms with Crippen LogP contribution in [0, 0.1) is 5.92 Å². The van der Waals surface area contributed by atoms with Crippen molar-refractivity contribution in [3.63, 3.8) is 0 Å². The van der Waals surface area contributed by atoms with E-state index in [0.717, 1.165) is 36.7 Å². The van der Waals surface area contributed by atoms with Crippen LogP contribution in [0.3, 0.4) is 0 Å². The fraction of sp³-hybridized carbons (Fsp3) is 0.917. The second kappa shape index (κ2) is 7.17. The van der Waals surface area contributed by atoms with Gasteiger partial charge in [0, 0.05) is 6.04 Å². The van der Waals surface area contributed by atoms with E-state index in [2.05, 4.69) is 19.2 Å². The number of carboxylic acid groups (broad SMARTS) is 1. The average molecular weight is 245 g/mol. The highest BCUT2D eigenvalue weighted by Crippen LogP contribution is 2.21. The van der Waals surface area contributed by atoms with Crippen LogP contribution in [0.1, 0.15) is 39.5 Å². The fourth-order valence-electron chi connectivity index (χ4n) is 1.42. The van der Waals surface area contributed by atoms with Crippen molar-refractivity contribution in [3.05, 3.63) is 0 Å². The zero-order chi connectivity index (χ0) is 12.0. The number of thioether (sulfide) groups is 1. The van der Waals surface area contributed by atoms with Crippen molar-refractivity contribution in [1.82, 2.24) is 5.32 Å². The van der Waals surface area contributed by atoms with Crippen molar-refractivity contribution in [2.45, 2.75) is 51.6 Å².